The Morgan fingerprint density at radius 2 is 1.85 bits per heavy atom. The van der Waals surface area contributed by atoms with E-state index in [9.17, 15) is 23.9 Å². The third-order valence-corrected chi connectivity index (χ3v) is 5.68. The molecule has 2 heterocycles. The SMILES string of the molecule is CCCC(NC(=O)Cc1c(C)c2cc3c(-c4ccc(F)cc4)coc3cc2oc1=O)C(=O)O. The first-order valence-electron chi connectivity index (χ1n) is 10.5. The standard InChI is InChI=1S/C25H22FNO6/c1-3-4-20(24(29)30)27-23(28)10-17-13(2)16-9-18-19(14-5-7-15(26)8-6-14)12-32-21(18)11-22(16)33-25(17)31/h5-9,11-12,20H,3-4,10H2,1-2H3,(H,27,28)(H,29,30). The molecule has 4 aromatic rings. The number of furan rings is 1. The van der Waals surface area contributed by atoms with Crippen LogP contribution in [0.2, 0.25) is 0 Å². The Morgan fingerprint density at radius 3 is 2.52 bits per heavy atom. The maximum absolute atomic E-state index is 13.3. The predicted molar refractivity (Wildman–Crippen MR) is 121 cm³/mol. The van der Waals surface area contributed by atoms with Crippen LogP contribution in [0.15, 0.2) is 56.3 Å². The summed E-state index contributed by atoms with van der Waals surface area (Å²) in [5, 5.41) is 13.1. The van der Waals surface area contributed by atoms with Gasteiger partial charge in [-0.25, -0.2) is 14.0 Å². The summed E-state index contributed by atoms with van der Waals surface area (Å²) in [5.41, 5.74) is 2.38. The average molecular weight is 451 g/mol. The van der Waals surface area contributed by atoms with E-state index in [0.717, 1.165) is 16.5 Å². The minimum absolute atomic E-state index is 0.159. The summed E-state index contributed by atoms with van der Waals surface area (Å²) in [7, 11) is 0. The van der Waals surface area contributed by atoms with E-state index >= 15 is 0 Å². The molecule has 0 saturated heterocycles. The average Bonchev–Trinajstić information content (AvgIpc) is 3.18. The lowest BCUT2D eigenvalue weighted by atomic mass is 9.99. The number of carbonyl (C=O) groups excluding carboxylic acids is 1. The highest BCUT2D eigenvalue weighted by Gasteiger charge is 2.22. The lowest BCUT2D eigenvalue weighted by molar-refractivity contribution is -0.141. The number of hydrogen-bond donors (Lipinski definition) is 2. The maximum Gasteiger partial charge on any atom is 0.340 e. The van der Waals surface area contributed by atoms with E-state index in [1.54, 1.807) is 31.4 Å². The molecule has 0 aliphatic carbocycles. The van der Waals surface area contributed by atoms with Crippen LogP contribution in [0.5, 0.6) is 0 Å². The minimum atomic E-state index is -1.12. The molecule has 1 atom stereocenters. The number of fused-ring (bicyclic) bond motifs is 2. The zero-order chi connectivity index (χ0) is 23.7. The van der Waals surface area contributed by atoms with Crippen LogP contribution >= 0.6 is 0 Å². The van der Waals surface area contributed by atoms with Gasteiger partial charge < -0.3 is 19.3 Å². The second kappa shape index (κ2) is 8.90. The van der Waals surface area contributed by atoms with Gasteiger partial charge in [-0.05, 0) is 42.7 Å². The molecule has 2 aromatic heterocycles. The van der Waals surface area contributed by atoms with Gasteiger partial charge in [-0.3, -0.25) is 4.79 Å². The Hall–Kier alpha value is -3.94. The highest BCUT2D eigenvalue weighted by atomic mass is 19.1. The van der Waals surface area contributed by atoms with Crippen molar-refractivity contribution in [2.24, 2.45) is 0 Å². The number of carboxylic acid groups (broad SMARTS) is 1. The monoisotopic (exact) mass is 451 g/mol. The van der Waals surface area contributed by atoms with Crippen molar-refractivity contribution in [3.63, 3.8) is 0 Å². The summed E-state index contributed by atoms with van der Waals surface area (Å²) in [6, 6.07) is 8.41. The van der Waals surface area contributed by atoms with Gasteiger partial charge in [0, 0.05) is 22.4 Å². The lowest BCUT2D eigenvalue weighted by Gasteiger charge is -2.14. The van der Waals surface area contributed by atoms with E-state index in [1.807, 2.05) is 13.0 Å². The first-order chi connectivity index (χ1) is 15.8. The topological polar surface area (TPSA) is 110 Å². The molecule has 1 amide bonds. The number of aliphatic carboxylic acids is 1. The molecule has 33 heavy (non-hydrogen) atoms. The first kappa shape index (κ1) is 22.3. The highest BCUT2D eigenvalue weighted by molar-refractivity contribution is 6.02. The fraction of sp³-hybridized carbons (Fsp3) is 0.240. The van der Waals surface area contributed by atoms with E-state index in [2.05, 4.69) is 5.32 Å². The van der Waals surface area contributed by atoms with Crippen LogP contribution in [0.1, 0.15) is 30.9 Å². The van der Waals surface area contributed by atoms with Crippen LogP contribution in [0.4, 0.5) is 4.39 Å². The fourth-order valence-corrected chi connectivity index (χ4v) is 3.92. The van der Waals surface area contributed by atoms with Crippen LogP contribution in [0, 0.1) is 12.7 Å². The van der Waals surface area contributed by atoms with Gasteiger partial charge in [0.05, 0.1) is 18.2 Å². The number of halogens is 1. The summed E-state index contributed by atoms with van der Waals surface area (Å²) in [4.78, 5) is 36.4. The molecule has 0 fully saturated rings. The molecule has 1 unspecified atom stereocenters. The van der Waals surface area contributed by atoms with Gasteiger partial charge >= 0.3 is 11.6 Å². The Bertz CT molecular complexity index is 1420. The van der Waals surface area contributed by atoms with E-state index in [4.69, 9.17) is 8.83 Å². The Labute approximate surface area is 187 Å². The molecule has 0 spiro atoms. The number of rotatable bonds is 7. The van der Waals surface area contributed by atoms with E-state index in [1.165, 1.54) is 12.1 Å². The normalized spacial score (nSPS) is 12.2. The van der Waals surface area contributed by atoms with Crippen LogP contribution < -0.4 is 10.9 Å². The first-order valence-corrected chi connectivity index (χ1v) is 10.5. The molecular weight excluding hydrogens is 429 g/mol. The Morgan fingerprint density at radius 1 is 1.12 bits per heavy atom. The van der Waals surface area contributed by atoms with Crippen molar-refractivity contribution in [1.82, 2.24) is 5.32 Å². The molecule has 7 nitrogen and oxygen atoms in total. The van der Waals surface area contributed by atoms with Crippen molar-refractivity contribution < 1.29 is 27.9 Å². The van der Waals surface area contributed by atoms with Crippen molar-refractivity contribution in [2.75, 3.05) is 0 Å². The van der Waals surface area contributed by atoms with Crippen LogP contribution in [-0.4, -0.2) is 23.0 Å². The molecule has 2 N–H and O–H groups in total. The third-order valence-electron chi connectivity index (χ3n) is 5.68. The Balaban J connectivity index is 1.74. The largest absolute Gasteiger partial charge is 0.480 e. The number of amides is 1. The maximum atomic E-state index is 13.3. The van der Waals surface area contributed by atoms with Gasteiger partial charge in [-0.2, -0.15) is 0 Å². The molecule has 2 aromatic carbocycles. The predicted octanol–water partition coefficient (Wildman–Crippen LogP) is 4.57. The number of hydrogen-bond acceptors (Lipinski definition) is 5. The summed E-state index contributed by atoms with van der Waals surface area (Å²) in [5.74, 6) is -2.04. The van der Waals surface area contributed by atoms with E-state index in [-0.39, 0.29) is 24.2 Å². The number of benzene rings is 2. The third kappa shape index (κ3) is 4.37. The molecular formula is C25H22FNO6. The highest BCUT2D eigenvalue weighted by Crippen LogP contribution is 2.34. The van der Waals surface area contributed by atoms with Crippen LogP contribution in [-0.2, 0) is 16.0 Å². The van der Waals surface area contributed by atoms with Crippen LogP contribution in [0.3, 0.4) is 0 Å². The number of nitrogens with one attached hydrogen (secondary N) is 1. The van der Waals surface area contributed by atoms with Crippen molar-refractivity contribution in [2.45, 2.75) is 39.2 Å². The molecule has 0 saturated carbocycles. The zero-order valence-corrected chi connectivity index (χ0v) is 18.1. The molecule has 4 rings (SSSR count). The van der Waals surface area contributed by atoms with E-state index in [0.29, 0.717) is 28.5 Å². The van der Waals surface area contributed by atoms with Crippen LogP contribution in [0.25, 0.3) is 33.1 Å². The van der Waals surface area contributed by atoms with Crippen molar-refractivity contribution in [1.29, 1.82) is 0 Å². The van der Waals surface area contributed by atoms with Crippen molar-refractivity contribution in [3.8, 4) is 11.1 Å². The quantitative estimate of drug-likeness (QED) is 0.399. The smallest absolute Gasteiger partial charge is 0.340 e. The van der Waals surface area contributed by atoms with E-state index < -0.39 is 23.5 Å². The number of aryl methyl sites for hydroxylation is 1. The second-order valence-electron chi connectivity index (χ2n) is 7.92. The van der Waals surface area contributed by atoms with Gasteiger partial charge in [-0.15, -0.1) is 0 Å². The fourth-order valence-electron chi connectivity index (χ4n) is 3.92. The summed E-state index contributed by atoms with van der Waals surface area (Å²) in [6.45, 7) is 3.53. The van der Waals surface area contributed by atoms with Gasteiger partial charge in [0.2, 0.25) is 5.91 Å². The number of carbonyl (C=O) groups is 2. The molecule has 170 valence electrons. The second-order valence-corrected chi connectivity index (χ2v) is 7.92. The summed E-state index contributed by atoms with van der Waals surface area (Å²) < 4.78 is 24.4. The zero-order valence-electron chi connectivity index (χ0n) is 18.1. The molecule has 0 aliphatic rings. The van der Waals surface area contributed by atoms with Gasteiger partial charge in [0.15, 0.2) is 0 Å². The van der Waals surface area contributed by atoms with Gasteiger partial charge in [0.1, 0.15) is 23.0 Å². The molecule has 0 radical (unpaired) electrons. The summed E-state index contributed by atoms with van der Waals surface area (Å²) >= 11 is 0. The molecule has 8 heteroatoms. The lowest BCUT2D eigenvalue weighted by Crippen LogP contribution is -2.41. The van der Waals surface area contributed by atoms with Crippen molar-refractivity contribution >= 4 is 33.8 Å². The Kier molecular flexibility index (Phi) is 6.00. The summed E-state index contributed by atoms with van der Waals surface area (Å²) in [6.07, 6.45) is 2.13. The van der Waals surface area contributed by atoms with Crippen molar-refractivity contribution in [3.05, 3.63) is 70.0 Å². The van der Waals surface area contributed by atoms with Gasteiger partial charge in [0.25, 0.3) is 0 Å². The number of carboxylic acids is 1. The van der Waals surface area contributed by atoms with Gasteiger partial charge in [-0.1, -0.05) is 25.5 Å². The molecule has 0 bridgehead atoms. The minimum Gasteiger partial charge on any atom is -0.480 e. The molecule has 0 aliphatic heterocycles.